The molecule has 0 bridgehead atoms. The molecule has 7 heteroatoms. The van der Waals surface area contributed by atoms with E-state index in [1.807, 2.05) is 0 Å². The third-order valence-electron chi connectivity index (χ3n) is 4.49. The number of hydrogen-bond donors (Lipinski definition) is 1. The number of piperidine rings is 1. The summed E-state index contributed by atoms with van der Waals surface area (Å²) >= 11 is 0. The van der Waals surface area contributed by atoms with Gasteiger partial charge in [-0.2, -0.15) is 0 Å². The van der Waals surface area contributed by atoms with Gasteiger partial charge in [0, 0.05) is 13.5 Å². The van der Waals surface area contributed by atoms with Crippen LogP contribution in [0.3, 0.4) is 0 Å². The Hall–Kier alpha value is -0.950. The van der Waals surface area contributed by atoms with Gasteiger partial charge in [-0.15, -0.1) is 0 Å². The molecule has 1 atom stereocenters. The van der Waals surface area contributed by atoms with Crippen molar-refractivity contribution in [1.82, 2.24) is 9.62 Å². The van der Waals surface area contributed by atoms with Crippen LogP contribution in [0.2, 0.25) is 0 Å². The highest BCUT2D eigenvalue weighted by atomic mass is 32.2. The lowest BCUT2D eigenvalue weighted by Gasteiger charge is -2.28. The molecule has 21 heavy (non-hydrogen) atoms. The SMILES string of the molecule is CN1C(=O)CCC(NS(=O)(=O)CCC2CCCCC2)C1=O. The van der Waals surface area contributed by atoms with E-state index in [0.29, 0.717) is 12.3 Å². The molecule has 1 heterocycles. The van der Waals surface area contributed by atoms with Crippen LogP contribution in [0.25, 0.3) is 0 Å². The molecule has 0 aromatic carbocycles. The predicted octanol–water partition coefficient (Wildman–Crippen LogP) is 1.02. The normalized spacial score (nSPS) is 25.4. The van der Waals surface area contributed by atoms with Crippen molar-refractivity contribution in [2.24, 2.45) is 5.92 Å². The van der Waals surface area contributed by atoms with Gasteiger partial charge < -0.3 is 0 Å². The maximum atomic E-state index is 12.1. The molecule has 1 N–H and O–H groups in total. The number of hydrogen-bond acceptors (Lipinski definition) is 4. The fraction of sp³-hybridized carbons (Fsp3) is 0.857. The summed E-state index contributed by atoms with van der Waals surface area (Å²) in [6.45, 7) is 0. The van der Waals surface area contributed by atoms with E-state index in [1.165, 1.54) is 26.3 Å². The summed E-state index contributed by atoms with van der Waals surface area (Å²) in [7, 11) is -2.07. The van der Waals surface area contributed by atoms with Crippen molar-refractivity contribution >= 4 is 21.8 Å². The molecule has 0 aromatic heterocycles. The van der Waals surface area contributed by atoms with E-state index in [9.17, 15) is 18.0 Å². The molecule has 1 aliphatic heterocycles. The Morgan fingerprint density at radius 3 is 2.48 bits per heavy atom. The second-order valence-electron chi connectivity index (χ2n) is 6.11. The molecule has 2 aliphatic rings. The van der Waals surface area contributed by atoms with Gasteiger partial charge in [0.05, 0.1) is 5.75 Å². The second-order valence-corrected chi connectivity index (χ2v) is 7.99. The van der Waals surface area contributed by atoms with Crippen molar-refractivity contribution in [2.45, 2.75) is 57.4 Å². The largest absolute Gasteiger partial charge is 0.284 e. The quantitative estimate of drug-likeness (QED) is 0.768. The number of rotatable bonds is 5. The van der Waals surface area contributed by atoms with Crippen molar-refractivity contribution in [3.63, 3.8) is 0 Å². The molecule has 0 aromatic rings. The smallest absolute Gasteiger partial charge is 0.247 e. The van der Waals surface area contributed by atoms with Gasteiger partial charge in [0.2, 0.25) is 21.8 Å². The van der Waals surface area contributed by atoms with Gasteiger partial charge in [-0.1, -0.05) is 32.1 Å². The first kappa shape index (κ1) is 16.4. The average Bonchev–Trinajstić information content (AvgIpc) is 2.47. The summed E-state index contributed by atoms with van der Waals surface area (Å²) in [6, 6.07) is -0.788. The maximum absolute atomic E-state index is 12.1. The van der Waals surface area contributed by atoms with Crippen molar-refractivity contribution < 1.29 is 18.0 Å². The number of carbonyl (C=O) groups is 2. The number of nitrogens with zero attached hydrogens (tertiary/aromatic N) is 1. The zero-order valence-corrected chi connectivity index (χ0v) is 13.3. The third kappa shape index (κ3) is 4.51. The van der Waals surface area contributed by atoms with E-state index in [-0.39, 0.29) is 24.5 Å². The van der Waals surface area contributed by atoms with Gasteiger partial charge in [0.25, 0.3) is 0 Å². The molecular weight excluding hydrogens is 292 g/mol. The minimum atomic E-state index is -3.46. The summed E-state index contributed by atoms with van der Waals surface area (Å²) in [5.74, 6) is -0.147. The lowest BCUT2D eigenvalue weighted by molar-refractivity contribution is -0.147. The predicted molar refractivity (Wildman–Crippen MR) is 78.9 cm³/mol. The van der Waals surface area contributed by atoms with Gasteiger partial charge in [-0.25, -0.2) is 13.1 Å². The molecule has 6 nitrogen and oxygen atoms in total. The van der Waals surface area contributed by atoms with Crippen LogP contribution in [0.1, 0.15) is 51.4 Å². The average molecular weight is 316 g/mol. The number of likely N-dealkylation sites (N-methyl/N-ethyl adjacent to an activating group) is 1. The molecule has 2 amide bonds. The highest BCUT2D eigenvalue weighted by molar-refractivity contribution is 7.89. The fourth-order valence-electron chi connectivity index (χ4n) is 3.10. The summed E-state index contributed by atoms with van der Waals surface area (Å²) < 4.78 is 26.7. The van der Waals surface area contributed by atoms with E-state index < -0.39 is 22.0 Å². The third-order valence-corrected chi connectivity index (χ3v) is 5.91. The summed E-state index contributed by atoms with van der Waals surface area (Å²) in [4.78, 5) is 24.3. The number of sulfonamides is 1. The van der Waals surface area contributed by atoms with Crippen molar-refractivity contribution in [1.29, 1.82) is 0 Å². The van der Waals surface area contributed by atoms with Crippen LogP contribution < -0.4 is 4.72 Å². The molecule has 1 unspecified atom stereocenters. The van der Waals surface area contributed by atoms with Crippen LogP contribution in [-0.4, -0.2) is 44.0 Å². The lowest BCUT2D eigenvalue weighted by Crippen LogP contribution is -2.53. The molecular formula is C14H24N2O4S. The van der Waals surface area contributed by atoms with Crippen molar-refractivity contribution in [2.75, 3.05) is 12.8 Å². The number of nitrogens with one attached hydrogen (secondary N) is 1. The first-order chi connectivity index (χ1) is 9.89. The molecule has 1 saturated heterocycles. The lowest BCUT2D eigenvalue weighted by atomic mass is 9.88. The highest BCUT2D eigenvalue weighted by Crippen LogP contribution is 2.26. The van der Waals surface area contributed by atoms with Crippen LogP contribution in [0.5, 0.6) is 0 Å². The zero-order chi connectivity index (χ0) is 15.5. The Labute approximate surface area is 126 Å². The Kier molecular flexibility index (Phi) is 5.37. The number of carbonyl (C=O) groups excluding carboxylic acids is 2. The zero-order valence-electron chi connectivity index (χ0n) is 12.5. The summed E-state index contributed by atoms with van der Waals surface area (Å²) in [6.07, 6.45) is 6.95. The van der Waals surface area contributed by atoms with Crippen LogP contribution in [0, 0.1) is 5.92 Å². The van der Waals surface area contributed by atoms with Crippen LogP contribution in [-0.2, 0) is 19.6 Å². The number of likely N-dealkylation sites (tertiary alicyclic amines) is 1. The van der Waals surface area contributed by atoms with Gasteiger partial charge in [0.15, 0.2) is 0 Å². The Morgan fingerprint density at radius 1 is 1.14 bits per heavy atom. The topological polar surface area (TPSA) is 83.6 Å². The van der Waals surface area contributed by atoms with E-state index >= 15 is 0 Å². The van der Waals surface area contributed by atoms with Gasteiger partial charge in [0.1, 0.15) is 6.04 Å². The van der Waals surface area contributed by atoms with Gasteiger partial charge in [-0.3, -0.25) is 14.5 Å². The van der Waals surface area contributed by atoms with Crippen molar-refractivity contribution in [3.05, 3.63) is 0 Å². The number of imide groups is 1. The molecule has 2 fully saturated rings. The van der Waals surface area contributed by atoms with Crippen LogP contribution in [0.4, 0.5) is 0 Å². The molecule has 1 saturated carbocycles. The standard InChI is InChI=1S/C14H24N2O4S/c1-16-13(17)8-7-12(14(16)18)15-21(19,20)10-9-11-5-3-2-4-6-11/h11-12,15H,2-10H2,1H3. The minimum absolute atomic E-state index is 0.0686. The van der Waals surface area contributed by atoms with E-state index in [4.69, 9.17) is 0 Å². The molecule has 120 valence electrons. The summed E-state index contributed by atoms with van der Waals surface area (Å²) in [5, 5.41) is 0. The molecule has 0 radical (unpaired) electrons. The van der Waals surface area contributed by atoms with Gasteiger partial charge >= 0.3 is 0 Å². The summed E-state index contributed by atoms with van der Waals surface area (Å²) in [5.41, 5.74) is 0. The molecule has 2 rings (SSSR count). The van der Waals surface area contributed by atoms with E-state index in [0.717, 1.165) is 17.7 Å². The number of amides is 2. The first-order valence-electron chi connectivity index (χ1n) is 7.69. The van der Waals surface area contributed by atoms with Crippen molar-refractivity contribution in [3.8, 4) is 0 Å². The Bertz CT molecular complexity index is 497. The van der Waals surface area contributed by atoms with Gasteiger partial charge in [-0.05, 0) is 18.8 Å². The highest BCUT2D eigenvalue weighted by Gasteiger charge is 2.34. The minimum Gasteiger partial charge on any atom is -0.284 e. The Morgan fingerprint density at radius 2 is 1.81 bits per heavy atom. The Balaban J connectivity index is 1.85. The van der Waals surface area contributed by atoms with E-state index in [1.54, 1.807) is 0 Å². The van der Waals surface area contributed by atoms with Crippen LogP contribution in [0.15, 0.2) is 0 Å². The second kappa shape index (κ2) is 6.87. The molecule has 0 spiro atoms. The monoisotopic (exact) mass is 316 g/mol. The van der Waals surface area contributed by atoms with Crippen LogP contribution >= 0.6 is 0 Å². The fourth-order valence-corrected chi connectivity index (χ4v) is 4.51. The maximum Gasteiger partial charge on any atom is 0.247 e. The first-order valence-corrected chi connectivity index (χ1v) is 9.34. The molecule has 1 aliphatic carbocycles. The van der Waals surface area contributed by atoms with E-state index in [2.05, 4.69) is 4.72 Å².